The molecule has 4 nitrogen and oxygen atoms in total. The number of aliphatic hydroxyl groups excluding tert-OH is 1. The van der Waals surface area contributed by atoms with E-state index in [1.165, 1.54) is 7.11 Å². The van der Waals surface area contributed by atoms with E-state index in [4.69, 9.17) is 9.47 Å². The van der Waals surface area contributed by atoms with Crippen LogP contribution in [0.3, 0.4) is 0 Å². The van der Waals surface area contributed by atoms with Crippen LogP contribution in [-0.4, -0.2) is 45.9 Å². The van der Waals surface area contributed by atoms with Gasteiger partial charge in [0.15, 0.2) is 0 Å². The Morgan fingerprint density at radius 2 is 1.74 bits per heavy atom. The Kier molecular flexibility index (Phi) is 9.68. The maximum absolute atomic E-state index is 12.0. The second-order valence-corrected chi connectivity index (χ2v) is 8.51. The predicted octanol–water partition coefficient (Wildman–Crippen LogP) is 2.34. The van der Waals surface area contributed by atoms with E-state index < -0.39 is 6.10 Å². The first kappa shape index (κ1) is 21.2. The fourth-order valence-electron chi connectivity index (χ4n) is 2.35. The number of ether oxygens (including phenoxy) is 2. The third-order valence-corrected chi connectivity index (χ3v) is 6.38. The van der Waals surface area contributed by atoms with Gasteiger partial charge >= 0.3 is 161 Å². The Hall–Kier alpha value is -2.09. The van der Waals surface area contributed by atoms with Gasteiger partial charge in [0.25, 0.3) is 0 Å². The summed E-state index contributed by atoms with van der Waals surface area (Å²) in [5.41, 5.74) is 1.09. The Morgan fingerprint density at radius 1 is 1.07 bits per heavy atom. The predicted molar refractivity (Wildman–Crippen MR) is 107 cm³/mol. The molecule has 0 aliphatic rings. The maximum atomic E-state index is 12.0. The summed E-state index contributed by atoms with van der Waals surface area (Å²) in [7, 11) is 1.40. The van der Waals surface area contributed by atoms with Gasteiger partial charge in [-0.1, -0.05) is 6.07 Å². The van der Waals surface area contributed by atoms with E-state index in [0.717, 1.165) is 10.0 Å². The van der Waals surface area contributed by atoms with Gasteiger partial charge in [-0.3, -0.25) is 0 Å². The molecule has 142 valence electrons. The quantitative estimate of drug-likeness (QED) is 0.287. The monoisotopic (exact) mass is 432 g/mol. The fourth-order valence-corrected chi connectivity index (χ4v) is 4.64. The van der Waals surface area contributed by atoms with Gasteiger partial charge < -0.3 is 0 Å². The summed E-state index contributed by atoms with van der Waals surface area (Å²) in [6.07, 6.45) is 0.201. The number of hydrogen-bond donors (Lipinski definition) is 1. The molecule has 0 amide bonds. The molecule has 2 rings (SSSR count). The van der Waals surface area contributed by atoms with Crippen molar-refractivity contribution < 1.29 is 19.4 Å². The van der Waals surface area contributed by atoms with E-state index in [-0.39, 0.29) is 32.3 Å². The summed E-state index contributed by atoms with van der Waals surface area (Å²) in [4.78, 5) is 11.8. The van der Waals surface area contributed by atoms with Crippen LogP contribution in [0.1, 0.15) is 18.4 Å². The van der Waals surface area contributed by atoms with Crippen molar-refractivity contribution in [2.45, 2.75) is 30.4 Å². The molecular formula is C22H24O4Se. The molecule has 2 aromatic rings. The van der Waals surface area contributed by atoms with Gasteiger partial charge in [0.05, 0.1) is 0 Å². The minimum absolute atomic E-state index is 0.0414. The summed E-state index contributed by atoms with van der Waals surface area (Å²) in [6.45, 7) is 0.760. The van der Waals surface area contributed by atoms with Gasteiger partial charge in [0.1, 0.15) is 0 Å². The molecule has 2 atom stereocenters. The van der Waals surface area contributed by atoms with Crippen molar-refractivity contribution in [1.82, 2.24) is 0 Å². The summed E-state index contributed by atoms with van der Waals surface area (Å²) < 4.78 is 11.5. The van der Waals surface area contributed by atoms with E-state index in [9.17, 15) is 9.90 Å². The first-order chi connectivity index (χ1) is 13.2. The summed E-state index contributed by atoms with van der Waals surface area (Å²) in [5.74, 6) is 5.39. The van der Waals surface area contributed by atoms with Crippen LogP contribution in [0.4, 0.5) is 0 Å². The second-order valence-electron chi connectivity index (χ2n) is 5.84. The summed E-state index contributed by atoms with van der Waals surface area (Å²) in [5, 5.41) is 10.1. The van der Waals surface area contributed by atoms with Crippen molar-refractivity contribution in [2.24, 2.45) is 0 Å². The van der Waals surface area contributed by atoms with Crippen LogP contribution in [0.15, 0.2) is 60.7 Å². The molecule has 0 spiro atoms. The number of methoxy groups -OCH3 is 1. The average Bonchev–Trinajstić information content (AvgIpc) is 2.71. The van der Waals surface area contributed by atoms with Gasteiger partial charge in [0, 0.05) is 0 Å². The van der Waals surface area contributed by atoms with E-state index in [2.05, 4.69) is 11.8 Å². The van der Waals surface area contributed by atoms with Crippen molar-refractivity contribution in [2.75, 3.05) is 13.7 Å². The Balaban J connectivity index is 1.74. The van der Waals surface area contributed by atoms with Crippen molar-refractivity contribution in [3.63, 3.8) is 0 Å². The molecule has 0 aliphatic carbocycles. The average molecular weight is 431 g/mol. The Morgan fingerprint density at radius 3 is 2.41 bits per heavy atom. The van der Waals surface area contributed by atoms with E-state index in [1.54, 1.807) is 0 Å². The summed E-state index contributed by atoms with van der Waals surface area (Å²) >= 11 is -0.0414. The molecule has 1 N–H and O–H groups in total. The molecule has 0 saturated carbocycles. The second kappa shape index (κ2) is 12.3. The Bertz CT molecular complexity index is 737. The van der Waals surface area contributed by atoms with Crippen molar-refractivity contribution >= 4 is 25.4 Å². The van der Waals surface area contributed by atoms with Crippen LogP contribution in [0, 0.1) is 11.8 Å². The van der Waals surface area contributed by atoms with Gasteiger partial charge in [-0.05, 0) is 0 Å². The Labute approximate surface area is 167 Å². The van der Waals surface area contributed by atoms with Crippen LogP contribution in [0.25, 0.3) is 0 Å². The summed E-state index contributed by atoms with van der Waals surface area (Å²) in [6, 6.07) is 19.8. The van der Waals surface area contributed by atoms with Crippen molar-refractivity contribution in [3.05, 3.63) is 66.2 Å². The van der Waals surface area contributed by atoms with E-state index >= 15 is 0 Å². The first-order valence-corrected chi connectivity index (χ1v) is 10.6. The van der Waals surface area contributed by atoms with Crippen LogP contribution < -0.4 is 4.46 Å². The molecule has 0 aliphatic heterocycles. The van der Waals surface area contributed by atoms with Gasteiger partial charge in [-0.2, -0.15) is 0 Å². The van der Waals surface area contributed by atoms with Gasteiger partial charge in [-0.15, -0.1) is 0 Å². The van der Waals surface area contributed by atoms with Crippen molar-refractivity contribution in [3.8, 4) is 11.8 Å². The molecular weight excluding hydrogens is 407 g/mol. The molecule has 5 heteroatoms. The number of hydrogen-bond acceptors (Lipinski definition) is 4. The zero-order chi connectivity index (χ0) is 19.3. The fraction of sp³-hybridized carbons (Fsp3) is 0.318. The van der Waals surface area contributed by atoms with Crippen LogP contribution in [0.5, 0.6) is 0 Å². The topological polar surface area (TPSA) is 55.8 Å². The molecule has 0 heterocycles. The number of rotatable bonds is 9. The van der Waals surface area contributed by atoms with Crippen LogP contribution >= 0.6 is 0 Å². The third kappa shape index (κ3) is 8.42. The SMILES string of the molecule is COC(=O)C(CCC(O)C#CCOCc1ccccc1)[Se]c1ccccc1. The zero-order valence-corrected chi connectivity index (χ0v) is 17.0. The molecule has 0 radical (unpaired) electrons. The standard InChI is InChI=1S/C22H24O4Se/c1-25-22(24)21(27-20-12-6-3-7-13-20)15-14-19(23)11-8-16-26-17-18-9-4-2-5-10-18/h2-7,9-10,12-13,19,21,23H,14-17H2,1H3. The van der Waals surface area contributed by atoms with Gasteiger partial charge in [0.2, 0.25) is 0 Å². The molecule has 2 unspecified atom stereocenters. The normalized spacial score (nSPS) is 12.5. The van der Waals surface area contributed by atoms with Gasteiger partial charge in [-0.25, -0.2) is 0 Å². The molecule has 0 fully saturated rings. The molecule has 0 saturated heterocycles. The minimum atomic E-state index is -0.774. The number of benzene rings is 2. The number of carbonyl (C=O) groups is 1. The van der Waals surface area contributed by atoms with Crippen molar-refractivity contribution in [1.29, 1.82) is 0 Å². The number of aliphatic hydroxyl groups is 1. The van der Waals surface area contributed by atoms with E-state index in [1.807, 2.05) is 60.7 Å². The molecule has 2 aromatic carbocycles. The molecule has 0 aromatic heterocycles. The number of esters is 1. The molecule has 0 bridgehead atoms. The molecule has 27 heavy (non-hydrogen) atoms. The van der Waals surface area contributed by atoms with Crippen LogP contribution in [-0.2, 0) is 20.9 Å². The third-order valence-electron chi connectivity index (χ3n) is 3.74. The number of carbonyl (C=O) groups excluding carboxylic acids is 1. The first-order valence-electron chi connectivity index (χ1n) is 8.76. The van der Waals surface area contributed by atoms with E-state index in [0.29, 0.717) is 19.4 Å². The zero-order valence-electron chi connectivity index (χ0n) is 15.3. The van der Waals surface area contributed by atoms with Crippen LogP contribution in [0.2, 0.25) is 4.82 Å².